The largest absolute Gasteiger partial charge is 0.388 e. The van der Waals surface area contributed by atoms with Gasteiger partial charge >= 0.3 is 0 Å². The summed E-state index contributed by atoms with van der Waals surface area (Å²) in [6.45, 7) is 1.09. The minimum atomic E-state index is 1.07. The zero-order chi connectivity index (χ0) is 14.6. The SMILES string of the molecule is CNCCCc1ccc2ccccc2c1.N/C=N\NN. The number of aryl methyl sites for hydroxylation is 1. The first kappa shape index (κ1) is 15.9. The monoisotopic (exact) mass is 273 g/mol. The molecule has 20 heavy (non-hydrogen) atoms. The summed E-state index contributed by atoms with van der Waals surface area (Å²) in [5, 5.41) is 9.00. The Morgan fingerprint density at radius 1 is 1.15 bits per heavy atom. The molecule has 0 fully saturated rings. The third kappa shape index (κ3) is 5.69. The summed E-state index contributed by atoms with van der Waals surface area (Å²) in [4.78, 5) is 0. The van der Waals surface area contributed by atoms with Gasteiger partial charge in [-0.2, -0.15) is 5.10 Å². The minimum absolute atomic E-state index is 1.07. The second kappa shape index (κ2) is 9.77. The quantitative estimate of drug-likeness (QED) is 0.218. The highest BCUT2D eigenvalue weighted by molar-refractivity contribution is 5.82. The normalized spacial score (nSPS) is 10.3. The number of hydrazone groups is 1. The first-order valence-corrected chi connectivity index (χ1v) is 6.63. The molecule has 2 rings (SSSR count). The van der Waals surface area contributed by atoms with E-state index in [1.807, 2.05) is 12.6 Å². The zero-order valence-electron chi connectivity index (χ0n) is 11.8. The Labute approximate surface area is 120 Å². The lowest BCUT2D eigenvalue weighted by Crippen LogP contribution is -2.15. The zero-order valence-corrected chi connectivity index (χ0v) is 11.8. The Kier molecular flexibility index (Phi) is 7.79. The van der Waals surface area contributed by atoms with Gasteiger partial charge in [0.1, 0.15) is 6.34 Å². The average molecular weight is 273 g/mol. The maximum absolute atomic E-state index is 4.70. The Morgan fingerprint density at radius 2 is 1.90 bits per heavy atom. The molecule has 0 aliphatic carbocycles. The van der Waals surface area contributed by atoms with Crippen molar-refractivity contribution < 1.29 is 0 Å². The number of nitrogens with one attached hydrogen (secondary N) is 2. The van der Waals surface area contributed by atoms with Gasteiger partial charge in [0.15, 0.2) is 0 Å². The molecule has 108 valence electrons. The van der Waals surface area contributed by atoms with Crippen LogP contribution >= 0.6 is 0 Å². The molecule has 0 saturated carbocycles. The van der Waals surface area contributed by atoms with Crippen LogP contribution in [-0.2, 0) is 6.42 Å². The topological polar surface area (TPSA) is 88.5 Å². The molecule has 2 aromatic rings. The van der Waals surface area contributed by atoms with Crippen LogP contribution in [0.15, 0.2) is 47.6 Å². The molecule has 0 aliphatic heterocycles. The predicted molar refractivity (Wildman–Crippen MR) is 86.2 cm³/mol. The molecule has 6 N–H and O–H groups in total. The number of hydrogen-bond donors (Lipinski definition) is 4. The molecule has 0 atom stereocenters. The van der Waals surface area contributed by atoms with E-state index in [1.54, 1.807) is 0 Å². The average Bonchev–Trinajstić information content (AvgIpc) is 2.49. The Bertz CT molecular complexity index is 524. The summed E-state index contributed by atoms with van der Waals surface area (Å²) in [7, 11) is 2.00. The van der Waals surface area contributed by atoms with Crippen LogP contribution in [0.3, 0.4) is 0 Å². The van der Waals surface area contributed by atoms with Crippen LogP contribution in [0.2, 0.25) is 0 Å². The molecule has 0 heterocycles. The highest BCUT2D eigenvalue weighted by Crippen LogP contribution is 2.16. The van der Waals surface area contributed by atoms with Crippen molar-refractivity contribution in [3.8, 4) is 0 Å². The molecular weight excluding hydrogens is 250 g/mol. The first-order chi connectivity index (χ1) is 9.81. The molecule has 2 aromatic carbocycles. The maximum atomic E-state index is 4.70. The van der Waals surface area contributed by atoms with Gasteiger partial charge < -0.3 is 11.1 Å². The van der Waals surface area contributed by atoms with Crippen LogP contribution in [0, 0.1) is 0 Å². The van der Waals surface area contributed by atoms with Gasteiger partial charge in [-0.05, 0) is 42.8 Å². The summed E-state index contributed by atoms with van der Waals surface area (Å²) in [6.07, 6.45) is 3.43. The first-order valence-electron chi connectivity index (χ1n) is 6.63. The van der Waals surface area contributed by atoms with Gasteiger partial charge in [0.05, 0.1) is 0 Å². The Balaban J connectivity index is 0.000000347. The van der Waals surface area contributed by atoms with E-state index in [4.69, 9.17) is 5.73 Å². The summed E-state index contributed by atoms with van der Waals surface area (Å²) < 4.78 is 0. The molecule has 5 nitrogen and oxygen atoms in total. The second-order valence-corrected chi connectivity index (χ2v) is 4.30. The van der Waals surface area contributed by atoms with E-state index >= 15 is 0 Å². The van der Waals surface area contributed by atoms with Crippen molar-refractivity contribution in [2.75, 3.05) is 13.6 Å². The van der Waals surface area contributed by atoms with Crippen LogP contribution in [0.4, 0.5) is 0 Å². The molecule has 0 radical (unpaired) electrons. The Hall–Kier alpha value is -2.11. The molecule has 0 saturated heterocycles. The van der Waals surface area contributed by atoms with E-state index in [2.05, 4.69) is 58.7 Å². The van der Waals surface area contributed by atoms with Gasteiger partial charge in [-0.25, -0.2) is 11.4 Å². The van der Waals surface area contributed by atoms with E-state index < -0.39 is 0 Å². The summed E-state index contributed by atoms with van der Waals surface area (Å²) in [5.41, 5.74) is 8.10. The maximum Gasteiger partial charge on any atom is 0.107 e. The van der Waals surface area contributed by atoms with Gasteiger partial charge in [0, 0.05) is 0 Å². The lowest BCUT2D eigenvalue weighted by atomic mass is 10.0. The number of fused-ring (bicyclic) bond motifs is 1. The molecule has 0 unspecified atom stereocenters. The number of nitrogens with two attached hydrogens (primary N) is 2. The van der Waals surface area contributed by atoms with Gasteiger partial charge in [0.2, 0.25) is 0 Å². The Morgan fingerprint density at radius 3 is 2.50 bits per heavy atom. The molecule has 0 spiro atoms. The van der Waals surface area contributed by atoms with Crippen molar-refractivity contribution in [3.63, 3.8) is 0 Å². The van der Waals surface area contributed by atoms with Crippen molar-refractivity contribution in [1.82, 2.24) is 10.9 Å². The molecule has 0 amide bonds. The lowest BCUT2D eigenvalue weighted by molar-refractivity contribution is 0.725. The highest BCUT2D eigenvalue weighted by atomic mass is 15.5. The van der Waals surface area contributed by atoms with Crippen molar-refractivity contribution in [1.29, 1.82) is 0 Å². The van der Waals surface area contributed by atoms with Crippen LogP contribution < -0.4 is 22.4 Å². The highest BCUT2D eigenvalue weighted by Gasteiger charge is 1.95. The fraction of sp³-hybridized carbons (Fsp3) is 0.267. The van der Waals surface area contributed by atoms with Gasteiger partial charge in [-0.15, -0.1) is 0 Å². The molecule has 5 heteroatoms. The van der Waals surface area contributed by atoms with E-state index in [0.717, 1.165) is 19.3 Å². The third-order valence-corrected chi connectivity index (χ3v) is 2.86. The number of rotatable bonds is 5. The second-order valence-electron chi connectivity index (χ2n) is 4.30. The number of hydrogen-bond acceptors (Lipinski definition) is 4. The molecule has 0 aromatic heterocycles. The van der Waals surface area contributed by atoms with Gasteiger partial charge in [-0.3, -0.25) is 0 Å². The molecule has 0 bridgehead atoms. The lowest BCUT2D eigenvalue weighted by Gasteiger charge is -2.03. The van der Waals surface area contributed by atoms with Crippen molar-refractivity contribution in [2.45, 2.75) is 12.8 Å². The van der Waals surface area contributed by atoms with E-state index in [-0.39, 0.29) is 0 Å². The summed E-state index contributed by atoms with van der Waals surface area (Å²) >= 11 is 0. The number of nitrogens with zero attached hydrogens (tertiary/aromatic N) is 1. The smallest absolute Gasteiger partial charge is 0.107 e. The van der Waals surface area contributed by atoms with Crippen LogP contribution in [-0.4, -0.2) is 19.9 Å². The summed E-state index contributed by atoms with van der Waals surface area (Å²) in [5.74, 6) is 4.61. The number of benzene rings is 2. The van der Waals surface area contributed by atoms with Gasteiger partial charge in [0.25, 0.3) is 0 Å². The van der Waals surface area contributed by atoms with Crippen LogP contribution in [0.5, 0.6) is 0 Å². The van der Waals surface area contributed by atoms with Gasteiger partial charge in [-0.1, -0.05) is 42.5 Å². The van der Waals surface area contributed by atoms with E-state index in [1.165, 1.54) is 22.8 Å². The fourth-order valence-corrected chi connectivity index (χ4v) is 1.91. The van der Waals surface area contributed by atoms with Crippen LogP contribution in [0.25, 0.3) is 10.8 Å². The predicted octanol–water partition coefficient (Wildman–Crippen LogP) is 1.34. The standard InChI is InChI=1S/C14H17N.CH6N4/c1-15-10-4-5-12-8-9-13-6-2-3-7-14(13)11-12;2-1-4-5-3/h2-3,6-9,11,15H,4-5,10H2,1H3;1,5H,3H2,(H2,2,4). The molecular formula is C15H23N5. The van der Waals surface area contributed by atoms with E-state index in [9.17, 15) is 0 Å². The van der Waals surface area contributed by atoms with Crippen LogP contribution in [0.1, 0.15) is 12.0 Å². The minimum Gasteiger partial charge on any atom is -0.388 e. The fourth-order valence-electron chi connectivity index (χ4n) is 1.91. The third-order valence-electron chi connectivity index (χ3n) is 2.86. The van der Waals surface area contributed by atoms with Crippen molar-refractivity contribution in [3.05, 3.63) is 48.0 Å². The van der Waals surface area contributed by atoms with E-state index in [0.29, 0.717) is 0 Å². The van der Waals surface area contributed by atoms with Crippen molar-refractivity contribution >= 4 is 17.1 Å². The van der Waals surface area contributed by atoms with Crippen molar-refractivity contribution in [2.24, 2.45) is 16.7 Å². The summed E-state index contributed by atoms with van der Waals surface area (Å²) in [6, 6.07) is 15.3. The number of hydrazine groups is 1. The molecule has 0 aliphatic rings.